The van der Waals surface area contributed by atoms with E-state index in [4.69, 9.17) is 28.2 Å². The Morgan fingerprint density at radius 3 is 2.69 bits per heavy atom. The Balaban J connectivity index is 1.33. The predicted molar refractivity (Wildman–Crippen MR) is 133 cm³/mol. The van der Waals surface area contributed by atoms with Crippen LogP contribution in [0.2, 0.25) is 10.0 Å². The van der Waals surface area contributed by atoms with Crippen LogP contribution < -0.4 is 10.2 Å². The summed E-state index contributed by atoms with van der Waals surface area (Å²) in [5.74, 6) is 1.21. The molecule has 1 aliphatic heterocycles. The number of nitrogens with zero attached hydrogens (tertiary/aromatic N) is 3. The van der Waals surface area contributed by atoms with E-state index in [1.807, 2.05) is 18.2 Å². The number of nitrogens with one attached hydrogen (secondary N) is 1. The van der Waals surface area contributed by atoms with Crippen LogP contribution in [0.25, 0.3) is 11.0 Å². The molecule has 0 aliphatic carbocycles. The molecule has 4 rings (SSSR count). The zero-order valence-electron chi connectivity index (χ0n) is 18.5. The van der Waals surface area contributed by atoms with Gasteiger partial charge in [0.1, 0.15) is 0 Å². The number of hydrogen-bond acceptors (Lipinski definition) is 3. The Labute approximate surface area is 199 Å². The highest BCUT2D eigenvalue weighted by Gasteiger charge is 2.27. The maximum absolute atomic E-state index is 12.7. The largest absolute Gasteiger partial charge is 0.356 e. The number of aryl methyl sites for hydroxylation is 1. The Hall–Kier alpha value is -2.24. The number of piperidine rings is 1. The molecule has 1 aromatic heterocycles. The van der Waals surface area contributed by atoms with Gasteiger partial charge in [0.15, 0.2) is 0 Å². The number of carbonyl (C=O) groups excluding carboxylic acids is 1. The summed E-state index contributed by atoms with van der Waals surface area (Å²) in [6.07, 6.45) is 4.65. The van der Waals surface area contributed by atoms with E-state index in [1.54, 1.807) is 6.07 Å². The molecule has 1 fully saturated rings. The van der Waals surface area contributed by atoms with Gasteiger partial charge in [-0.2, -0.15) is 0 Å². The van der Waals surface area contributed by atoms with Gasteiger partial charge in [0.25, 0.3) is 0 Å². The molecule has 1 amide bonds. The number of rotatable bonds is 8. The van der Waals surface area contributed by atoms with Crippen LogP contribution in [0.4, 0.5) is 5.95 Å². The van der Waals surface area contributed by atoms with E-state index in [0.29, 0.717) is 23.0 Å². The van der Waals surface area contributed by atoms with Crippen LogP contribution in [0, 0.1) is 5.92 Å². The highest BCUT2D eigenvalue weighted by Crippen LogP contribution is 2.28. The fourth-order valence-corrected chi connectivity index (χ4v) is 4.87. The number of aromatic nitrogens is 2. The van der Waals surface area contributed by atoms with Gasteiger partial charge in [-0.3, -0.25) is 4.79 Å². The number of para-hydroxylation sites is 2. The molecule has 0 saturated carbocycles. The number of fused-ring (bicyclic) bond motifs is 1. The van der Waals surface area contributed by atoms with Gasteiger partial charge in [-0.15, -0.1) is 0 Å². The van der Waals surface area contributed by atoms with Crippen molar-refractivity contribution in [3.05, 3.63) is 58.1 Å². The molecule has 170 valence electrons. The number of anilines is 1. The van der Waals surface area contributed by atoms with E-state index >= 15 is 0 Å². The van der Waals surface area contributed by atoms with Crippen molar-refractivity contribution in [1.29, 1.82) is 0 Å². The summed E-state index contributed by atoms with van der Waals surface area (Å²) < 4.78 is 2.34. The summed E-state index contributed by atoms with van der Waals surface area (Å²) in [6, 6.07) is 13.8. The molecule has 0 unspecified atom stereocenters. The summed E-state index contributed by atoms with van der Waals surface area (Å²) in [5, 5.41) is 4.36. The lowest BCUT2D eigenvalue weighted by Crippen LogP contribution is -2.42. The topological polar surface area (TPSA) is 50.2 Å². The lowest BCUT2D eigenvalue weighted by atomic mass is 9.96. The zero-order valence-corrected chi connectivity index (χ0v) is 20.0. The summed E-state index contributed by atoms with van der Waals surface area (Å²) in [5.41, 5.74) is 3.23. The van der Waals surface area contributed by atoms with E-state index in [1.165, 1.54) is 5.52 Å². The van der Waals surface area contributed by atoms with E-state index in [0.717, 1.165) is 62.3 Å². The van der Waals surface area contributed by atoms with Crippen molar-refractivity contribution in [1.82, 2.24) is 14.9 Å². The molecule has 0 bridgehead atoms. The monoisotopic (exact) mass is 472 g/mol. The first-order valence-electron chi connectivity index (χ1n) is 11.5. The molecular weight excluding hydrogens is 443 g/mol. The van der Waals surface area contributed by atoms with Crippen molar-refractivity contribution >= 4 is 46.1 Å². The van der Waals surface area contributed by atoms with Crippen LogP contribution in [0.3, 0.4) is 0 Å². The minimum Gasteiger partial charge on any atom is -0.356 e. The second kappa shape index (κ2) is 10.6. The van der Waals surface area contributed by atoms with Crippen molar-refractivity contribution < 1.29 is 4.79 Å². The number of benzene rings is 2. The summed E-state index contributed by atoms with van der Waals surface area (Å²) in [7, 11) is 0. The lowest BCUT2D eigenvalue weighted by molar-refractivity contribution is -0.125. The third-order valence-electron chi connectivity index (χ3n) is 6.23. The minimum atomic E-state index is 0.0420. The van der Waals surface area contributed by atoms with Crippen molar-refractivity contribution in [3.8, 4) is 0 Å². The van der Waals surface area contributed by atoms with Gasteiger partial charge in [-0.25, -0.2) is 4.98 Å². The van der Waals surface area contributed by atoms with Gasteiger partial charge < -0.3 is 14.8 Å². The van der Waals surface area contributed by atoms with Crippen molar-refractivity contribution in [2.75, 3.05) is 24.5 Å². The SMILES string of the molecule is CCCCn1c(N2CCC(C(=O)NCCc3ccc(Cl)cc3Cl)CC2)nc2ccccc21. The number of amides is 1. The van der Waals surface area contributed by atoms with Gasteiger partial charge in [-0.05, 0) is 55.5 Å². The number of carbonyl (C=O) groups is 1. The number of imidazole rings is 1. The molecule has 0 radical (unpaired) electrons. The highest BCUT2D eigenvalue weighted by molar-refractivity contribution is 6.35. The first-order chi connectivity index (χ1) is 15.6. The molecule has 2 heterocycles. The highest BCUT2D eigenvalue weighted by atomic mass is 35.5. The molecule has 2 aromatic carbocycles. The standard InChI is InChI=1S/C25H30Cl2N4O/c1-2-3-14-31-23-7-5-4-6-22(23)29-25(31)30-15-11-19(12-16-30)24(32)28-13-10-18-8-9-20(26)17-21(18)27/h4-9,17,19H,2-3,10-16H2,1H3,(H,28,32). The van der Waals surface area contributed by atoms with Gasteiger partial charge >= 0.3 is 0 Å². The van der Waals surface area contributed by atoms with Crippen molar-refractivity contribution in [2.24, 2.45) is 5.92 Å². The van der Waals surface area contributed by atoms with Crippen LogP contribution >= 0.6 is 23.2 Å². The fraction of sp³-hybridized carbons (Fsp3) is 0.440. The van der Waals surface area contributed by atoms with Gasteiger partial charge in [0.2, 0.25) is 11.9 Å². The second-order valence-corrected chi connectivity index (χ2v) is 9.29. The number of hydrogen-bond donors (Lipinski definition) is 1. The summed E-state index contributed by atoms with van der Waals surface area (Å²) in [4.78, 5) is 20.0. The quantitative estimate of drug-likeness (QED) is 0.456. The Kier molecular flexibility index (Phi) is 7.59. The molecule has 5 nitrogen and oxygen atoms in total. The average molecular weight is 473 g/mol. The average Bonchev–Trinajstić information content (AvgIpc) is 3.17. The molecule has 1 aliphatic rings. The van der Waals surface area contributed by atoms with Crippen LogP contribution in [-0.2, 0) is 17.8 Å². The molecule has 1 saturated heterocycles. The first-order valence-corrected chi connectivity index (χ1v) is 12.2. The fourth-order valence-electron chi connectivity index (χ4n) is 4.37. The predicted octanol–water partition coefficient (Wildman–Crippen LogP) is 5.72. The molecular formula is C25H30Cl2N4O. The molecule has 32 heavy (non-hydrogen) atoms. The zero-order chi connectivity index (χ0) is 22.5. The number of unbranched alkanes of at least 4 members (excludes halogenated alkanes) is 1. The maximum Gasteiger partial charge on any atom is 0.223 e. The third-order valence-corrected chi connectivity index (χ3v) is 6.81. The molecule has 0 spiro atoms. The Morgan fingerprint density at radius 1 is 1.16 bits per heavy atom. The second-order valence-electron chi connectivity index (χ2n) is 8.44. The van der Waals surface area contributed by atoms with Gasteiger partial charge in [0.05, 0.1) is 11.0 Å². The van der Waals surface area contributed by atoms with Crippen LogP contribution in [0.15, 0.2) is 42.5 Å². The first kappa shape index (κ1) is 22.9. The van der Waals surface area contributed by atoms with Gasteiger partial charge in [-0.1, -0.05) is 54.7 Å². The lowest BCUT2D eigenvalue weighted by Gasteiger charge is -2.32. The Morgan fingerprint density at radius 2 is 1.94 bits per heavy atom. The smallest absolute Gasteiger partial charge is 0.223 e. The van der Waals surface area contributed by atoms with E-state index in [-0.39, 0.29) is 11.8 Å². The molecule has 1 N–H and O–H groups in total. The summed E-state index contributed by atoms with van der Waals surface area (Å²) in [6.45, 7) is 5.45. The van der Waals surface area contributed by atoms with Crippen molar-refractivity contribution in [2.45, 2.75) is 45.6 Å². The van der Waals surface area contributed by atoms with E-state index in [9.17, 15) is 4.79 Å². The maximum atomic E-state index is 12.7. The molecule has 3 aromatic rings. The third kappa shape index (κ3) is 5.21. The summed E-state index contributed by atoms with van der Waals surface area (Å²) >= 11 is 12.2. The van der Waals surface area contributed by atoms with E-state index < -0.39 is 0 Å². The van der Waals surface area contributed by atoms with Gasteiger partial charge in [0, 0.05) is 42.1 Å². The van der Waals surface area contributed by atoms with Crippen molar-refractivity contribution in [3.63, 3.8) is 0 Å². The minimum absolute atomic E-state index is 0.0420. The molecule has 0 atom stereocenters. The molecule has 7 heteroatoms. The van der Waals surface area contributed by atoms with Crippen LogP contribution in [0.1, 0.15) is 38.2 Å². The number of halogens is 2. The van der Waals surface area contributed by atoms with E-state index in [2.05, 4.69) is 39.9 Å². The van der Waals surface area contributed by atoms with Crippen LogP contribution in [0.5, 0.6) is 0 Å². The normalized spacial score (nSPS) is 14.8. The Bertz CT molecular complexity index is 1070. The van der Waals surface area contributed by atoms with Crippen LogP contribution in [-0.4, -0.2) is 35.1 Å².